The second-order valence-corrected chi connectivity index (χ2v) is 5.86. The molecule has 0 saturated heterocycles. The lowest BCUT2D eigenvalue weighted by Gasteiger charge is -2.19. The van der Waals surface area contributed by atoms with Crippen LogP contribution in [-0.2, 0) is 11.3 Å². The van der Waals surface area contributed by atoms with Gasteiger partial charge in [0.15, 0.2) is 0 Å². The molecule has 1 aromatic heterocycles. The number of hydrogen-bond acceptors (Lipinski definition) is 5. The van der Waals surface area contributed by atoms with Crippen LogP contribution >= 0.6 is 15.9 Å². The van der Waals surface area contributed by atoms with Crippen molar-refractivity contribution in [1.82, 2.24) is 9.78 Å². The molecular formula is C13H22BrN3O3. The first-order valence-corrected chi connectivity index (χ1v) is 7.40. The monoisotopic (exact) mass is 347 g/mol. The van der Waals surface area contributed by atoms with Gasteiger partial charge < -0.3 is 15.2 Å². The molecule has 1 aromatic rings. The third kappa shape index (κ3) is 4.88. The summed E-state index contributed by atoms with van der Waals surface area (Å²) in [6.07, 6.45) is 2.16. The number of anilines is 1. The Kier molecular flexibility index (Phi) is 7.18. The first-order valence-electron chi connectivity index (χ1n) is 6.61. The Morgan fingerprint density at radius 2 is 2.25 bits per heavy atom. The van der Waals surface area contributed by atoms with Gasteiger partial charge in [0.05, 0.1) is 24.5 Å². The molecule has 0 aromatic carbocycles. The topological polar surface area (TPSA) is 76.4 Å². The van der Waals surface area contributed by atoms with Crippen molar-refractivity contribution in [1.29, 1.82) is 0 Å². The molecule has 2 N–H and O–H groups in total. The highest BCUT2D eigenvalue weighted by Crippen LogP contribution is 2.18. The minimum atomic E-state index is -0.163. The van der Waals surface area contributed by atoms with Crippen LogP contribution in [0.4, 0.5) is 5.69 Å². The average Bonchev–Trinajstić information content (AvgIpc) is 2.38. The maximum atomic E-state index is 12.2. The summed E-state index contributed by atoms with van der Waals surface area (Å²) in [6, 6.07) is -0.0663. The molecule has 0 aliphatic heterocycles. The minimum Gasteiger partial charge on any atom is -0.396 e. The highest BCUT2D eigenvalue weighted by molar-refractivity contribution is 9.10. The van der Waals surface area contributed by atoms with Crippen LogP contribution in [0.2, 0.25) is 0 Å². The summed E-state index contributed by atoms with van der Waals surface area (Å²) >= 11 is 3.31. The van der Waals surface area contributed by atoms with Crippen LogP contribution in [0.1, 0.15) is 20.3 Å². The zero-order valence-electron chi connectivity index (χ0n) is 12.1. The number of aromatic nitrogens is 2. The molecule has 0 amide bonds. The molecule has 0 spiro atoms. The van der Waals surface area contributed by atoms with Crippen LogP contribution in [0.5, 0.6) is 0 Å². The molecule has 0 aliphatic carbocycles. The molecule has 1 rings (SSSR count). The van der Waals surface area contributed by atoms with Crippen molar-refractivity contribution in [3.05, 3.63) is 21.0 Å². The molecule has 1 atom stereocenters. The Bertz CT molecular complexity index is 470. The SMILES string of the molecule is COCC(CCO)Nc1cnn(CC(C)C)c(=O)c1Br. The molecule has 0 aliphatic rings. The van der Waals surface area contributed by atoms with Gasteiger partial charge in [0.2, 0.25) is 0 Å². The Morgan fingerprint density at radius 3 is 2.80 bits per heavy atom. The van der Waals surface area contributed by atoms with Crippen molar-refractivity contribution in [2.45, 2.75) is 32.9 Å². The van der Waals surface area contributed by atoms with Crippen LogP contribution in [0, 0.1) is 5.92 Å². The van der Waals surface area contributed by atoms with E-state index in [-0.39, 0.29) is 18.2 Å². The zero-order chi connectivity index (χ0) is 15.1. The number of rotatable bonds is 8. The maximum absolute atomic E-state index is 12.2. The molecule has 114 valence electrons. The Labute approximate surface area is 127 Å². The van der Waals surface area contributed by atoms with E-state index in [2.05, 4.69) is 26.3 Å². The average molecular weight is 348 g/mol. The van der Waals surface area contributed by atoms with Gasteiger partial charge in [0, 0.05) is 20.3 Å². The summed E-state index contributed by atoms with van der Waals surface area (Å²) in [7, 11) is 1.60. The smallest absolute Gasteiger partial charge is 0.283 e. The highest BCUT2D eigenvalue weighted by atomic mass is 79.9. The first kappa shape index (κ1) is 17.1. The molecule has 0 saturated carbocycles. The molecular weight excluding hydrogens is 326 g/mol. The highest BCUT2D eigenvalue weighted by Gasteiger charge is 2.14. The molecule has 1 unspecified atom stereocenters. The fourth-order valence-corrected chi connectivity index (χ4v) is 2.24. The normalized spacial score (nSPS) is 12.7. The predicted molar refractivity (Wildman–Crippen MR) is 82.0 cm³/mol. The van der Waals surface area contributed by atoms with Gasteiger partial charge in [-0.2, -0.15) is 5.10 Å². The number of ether oxygens (including phenoxy) is 1. The lowest BCUT2D eigenvalue weighted by Crippen LogP contribution is -2.30. The summed E-state index contributed by atoms with van der Waals surface area (Å²) in [4.78, 5) is 12.2. The van der Waals surface area contributed by atoms with Gasteiger partial charge in [-0.3, -0.25) is 4.79 Å². The summed E-state index contributed by atoms with van der Waals surface area (Å²) in [5, 5.41) is 16.3. The maximum Gasteiger partial charge on any atom is 0.283 e. The van der Waals surface area contributed by atoms with E-state index in [1.54, 1.807) is 13.3 Å². The number of aliphatic hydroxyl groups is 1. The number of aliphatic hydroxyl groups excluding tert-OH is 1. The summed E-state index contributed by atoms with van der Waals surface area (Å²) < 4.78 is 6.98. The van der Waals surface area contributed by atoms with E-state index in [4.69, 9.17) is 9.84 Å². The van der Waals surface area contributed by atoms with Gasteiger partial charge in [-0.05, 0) is 28.3 Å². The van der Waals surface area contributed by atoms with E-state index < -0.39 is 0 Å². The molecule has 20 heavy (non-hydrogen) atoms. The van der Waals surface area contributed by atoms with Gasteiger partial charge in [0.1, 0.15) is 4.47 Å². The molecule has 0 fully saturated rings. The Hall–Kier alpha value is -0.920. The van der Waals surface area contributed by atoms with Gasteiger partial charge in [-0.25, -0.2) is 4.68 Å². The first-order chi connectivity index (χ1) is 9.49. The Balaban J connectivity index is 2.91. The minimum absolute atomic E-state index is 0.0521. The van der Waals surface area contributed by atoms with E-state index in [1.807, 2.05) is 13.8 Å². The van der Waals surface area contributed by atoms with Crippen molar-refractivity contribution in [3.8, 4) is 0 Å². The number of nitrogens with one attached hydrogen (secondary N) is 1. The lowest BCUT2D eigenvalue weighted by atomic mass is 10.2. The van der Waals surface area contributed by atoms with Crippen molar-refractivity contribution >= 4 is 21.6 Å². The van der Waals surface area contributed by atoms with E-state index in [1.165, 1.54) is 4.68 Å². The van der Waals surface area contributed by atoms with Crippen LogP contribution < -0.4 is 10.9 Å². The fourth-order valence-electron chi connectivity index (χ4n) is 1.82. The van der Waals surface area contributed by atoms with E-state index in [0.717, 1.165) is 0 Å². The van der Waals surface area contributed by atoms with Crippen molar-refractivity contribution in [2.75, 3.05) is 25.6 Å². The number of nitrogens with zero attached hydrogens (tertiary/aromatic N) is 2. The third-order valence-corrected chi connectivity index (χ3v) is 3.49. The van der Waals surface area contributed by atoms with Gasteiger partial charge >= 0.3 is 0 Å². The van der Waals surface area contributed by atoms with Crippen molar-refractivity contribution in [2.24, 2.45) is 5.92 Å². The fraction of sp³-hybridized carbons (Fsp3) is 0.692. The number of hydrogen-bond donors (Lipinski definition) is 2. The standard InChI is InChI=1S/C13H22BrN3O3/c1-9(2)7-17-13(19)12(14)11(6-15-17)16-10(4-5-18)8-20-3/h6,9-10,16,18H,4-5,7-8H2,1-3H3. The number of halogens is 1. The molecule has 7 heteroatoms. The molecule has 6 nitrogen and oxygen atoms in total. The van der Waals surface area contributed by atoms with Crippen molar-refractivity contribution in [3.63, 3.8) is 0 Å². The molecule has 1 heterocycles. The zero-order valence-corrected chi connectivity index (χ0v) is 13.7. The Morgan fingerprint density at radius 1 is 1.55 bits per heavy atom. The summed E-state index contributed by atoms with van der Waals surface area (Å²) in [5.41, 5.74) is 0.453. The van der Waals surface area contributed by atoms with Gasteiger partial charge in [-0.1, -0.05) is 13.8 Å². The van der Waals surface area contributed by atoms with Gasteiger partial charge in [0.25, 0.3) is 5.56 Å². The molecule has 0 radical (unpaired) electrons. The van der Waals surface area contributed by atoms with Gasteiger partial charge in [-0.15, -0.1) is 0 Å². The quantitative estimate of drug-likeness (QED) is 0.744. The second-order valence-electron chi connectivity index (χ2n) is 5.06. The van der Waals surface area contributed by atoms with Crippen LogP contribution in [0.15, 0.2) is 15.5 Å². The summed E-state index contributed by atoms with van der Waals surface area (Å²) in [6.45, 7) is 5.14. The largest absolute Gasteiger partial charge is 0.396 e. The molecule has 0 bridgehead atoms. The lowest BCUT2D eigenvalue weighted by molar-refractivity contribution is 0.170. The van der Waals surface area contributed by atoms with Crippen LogP contribution in [0.25, 0.3) is 0 Å². The van der Waals surface area contributed by atoms with Crippen molar-refractivity contribution < 1.29 is 9.84 Å². The third-order valence-electron chi connectivity index (χ3n) is 2.73. The predicted octanol–water partition coefficient (Wildman–Crippen LogP) is 1.47. The summed E-state index contributed by atoms with van der Waals surface area (Å²) in [5.74, 6) is 0.349. The van der Waals surface area contributed by atoms with E-state index >= 15 is 0 Å². The van der Waals surface area contributed by atoms with Crippen LogP contribution in [-0.4, -0.2) is 41.3 Å². The number of methoxy groups -OCH3 is 1. The second kappa shape index (κ2) is 8.39. The van der Waals surface area contributed by atoms with Crippen LogP contribution in [0.3, 0.4) is 0 Å². The van der Waals surface area contributed by atoms with E-state index in [0.29, 0.717) is 35.7 Å². The van der Waals surface area contributed by atoms with E-state index in [9.17, 15) is 4.79 Å².